The molecule has 2 aromatic rings. The average molecular weight is 266 g/mol. The van der Waals surface area contributed by atoms with Gasteiger partial charge in [-0.1, -0.05) is 12.1 Å². The van der Waals surface area contributed by atoms with Gasteiger partial charge in [0.25, 0.3) is 5.91 Å². The zero-order valence-corrected chi connectivity index (χ0v) is 11.1. The Morgan fingerprint density at radius 3 is 2.65 bits per heavy atom. The van der Waals surface area contributed by atoms with Crippen molar-refractivity contribution in [2.45, 2.75) is 6.42 Å². The Balaban J connectivity index is 2.11. The number of amides is 1. The third-order valence-corrected chi connectivity index (χ3v) is 2.82. The molecule has 0 aliphatic carbocycles. The lowest BCUT2D eigenvalue weighted by molar-refractivity contribution is 0.102. The van der Waals surface area contributed by atoms with E-state index in [2.05, 4.69) is 11.4 Å². The van der Waals surface area contributed by atoms with E-state index in [4.69, 9.17) is 10.00 Å². The molecule has 0 atom stereocenters. The summed E-state index contributed by atoms with van der Waals surface area (Å²) in [6.45, 7) is 0. The molecule has 0 heterocycles. The van der Waals surface area contributed by atoms with Crippen molar-refractivity contribution < 1.29 is 9.53 Å². The Bertz CT molecular complexity index is 642. The first-order chi connectivity index (χ1) is 9.72. The van der Waals surface area contributed by atoms with Crippen LogP contribution in [-0.2, 0) is 6.42 Å². The summed E-state index contributed by atoms with van der Waals surface area (Å²) in [5, 5.41) is 11.5. The van der Waals surface area contributed by atoms with Crippen LogP contribution in [-0.4, -0.2) is 13.0 Å². The number of carbonyl (C=O) groups excluding carboxylic acids is 1. The van der Waals surface area contributed by atoms with Crippen LogP contribution in [0.15, 0.2) is 48.5 Å². The van der Waals surface area contributed by atoms with Gasteiger partial charge in [-0.05, 0) is 42.0 Å². The smallest absolute Gasteiger partial charge is 0.255 e. The van der Waals surface area contributed by atoms with Crippen LogP contribution >= 0.6 is 0 Å². The third-order valence-electron chi connectivity index (χ3n) is 2.82. The van der Waals surface area contributed by atoms with Crippen molar-refractivity contribution in [2.75, 3.05) is 12.4 Å². The quantitative estimate of drug-likeness (QED) is 0.925. The Morgan fingerprint density at radius 2 is 2.00 bits per heavy atom. The maximum absolute atomic E-state index is 12.1. The van der Waals surface area contributed by atoms with Gasteiger partial charge in [-0.2, -0.15) is 5.26 Å². The number of rotatable bonds is 4. The van der Waals surface area contributed by atoms with Gasteiger partial charge in [0.15, 0.2) is 0 Å². The highest BCUT2D eigenvalue weighted by molar-refractivity contribution is 6.04. The van der Waals surface area contributed by atoms with E-state index in [1.54, 1.807) is 49.6 Å². The van der Waals surface area contributed by atoms with Gasteiger partial charge in [-0.3, -0.25) is 4.79 Å². The number of methoxy groups -OCH3 is 1. The Morgan fingerprint density at radius 1 is 1.25 bits per heavy atom. The maximum atomic E-state index is 12.1. The van der Waals surface area contributed by atoms with Crippen LogP contribution in [0.3, 0.4) is 0 Å². The van der Waals surface area contributed by atoms with Crippen LogP contribution in [0, 0.1) is 11.3 Å². The summed E-state index contributed by atoms with van der Waals surface area (Å²) in [6, 6.07) is 16.2. The summed E-state index contributed by atoms with van der Waals surface area (Å²) in [7, 11) is 1.59. The molecule has 1 amide bonds. The zero-order chi connectivity index (χ0) is 14.4. The molecule has 0 unspecified atom stereocenters. The number of anilines is 1. The molecule has 2 aromatic carbocycles. The molecular weight excluding hydrogens is 252 g/mol. The van der Waals surface area contributed by atoms with Gasteiger partial charge in [0.1, 0.15) is 5.75 Å². The Hall–Kier alpha value is -2.80. The minimum absolute atomic E-state index is 0.199. The van der Waals surface area contributed by atoms with E-state index in [0.29, 0.717) is 17.7 Å². The topological polar surface area (TPSA) is 62.1 Å². The van der Waals surface area contributed by atoms with Gasteiger partial charge in [-0.25, -0.2) is 0 Å². The fourth-order valence-corrected chi connectivity index (χ4v) is 1.79. The first-order valence-electron chi connectivity index (χ1n) is 6.14. The summed E-state index contributed by atoms with van der Waals surface area (Å²) in [6.07, 6.45) is 0.295. The van der Waals surface area contributed by atoms with Crippen molar-refractivity contribution in [2.24, 2.45) is 0 Å². The maximum Gasteiger partial charge on any atom is 0.255 e. The summed E-state index contributed by atoms with van der Waals surface area (Å²) in [4.78, 5) is 12.1. The van der Waals surface area contributed by atoms with Gasteiger partial charge >= 0.3 is 0 Å². The van der Waals surface area contributed by atoms with Crippen LogP contribution in [0.2, 0.25) is 0 Å². The summed E-state index contributed by atoms with van der Waals surface area (Å²) in [5.74, 6) is 0.536. The highest BCUT2D eigenvalue weighted by Crippen LogP contribution is 2.16. The van der Waals surface area contributed by atoms with E-state index in [1.807, 2.05) is 6.07 Å². The van der Waals surface area contributed by atoms with Crippen molar-refractivity contribution in [1.29, 1.82) is 5.26 Å². The number of nitriles is 1. The lowest BCUT2D eigenvalue weighted by atomic mass is 10.1. The lowest BCUT2D eigenvalue weighted by Crippen LogP contribution is -2.12. The predicted octanol–water partition coefficient (Wildman–Crippen LogP) is 3.01. The minimum atomic E-state index is -0.199. The fraction of sp³-hybridized carbons (Fsp3) is 0.125. The van der Waals surface area contributed by atoms with E-state index < -0.39 is 0 Å². The minimum Gasteiger partial charge on any atom is -0.497 e. The second kappa shape index (κ2) is 6.39. The molecule has 100 valence electrons. The largest absolute Gasteiger partial charge is 0.497 e. The molecule has 2 rings (SSSR count). The monoisotopic (exact) mass is 266 g/mol. The third kappa shape index (κ3) is 3.36. The van der Waals surface area contributed by atoms with Gasteiger partial charge in [0.05, 0.1) is 19.6 Å². The van der Waals surface area contributed by atoms with E-state index in [9.17, 15) is 4.79 Å². The second-order valence-electron chi connectivity index (χ2n) is 4.22. The van der Waals surface area contributed by atoms with E-state index in [1.165, 1.54) is 0 Å². The van der Waals surface area contributed by atoms with Gasteiger partial charge in [-0.15, -0.1) is 0 Å². The van der Waals surface area contributed by atoms with Crippen LogP contribution in [0.5, 0.6) is 5.75 Å². The number of benzene rings is 2. The molecule has 0 aromatic heterocycles. The number of nitrogens with one attached hydrogen (secondary N) is 1. The molecule has 0 radical (unpaired) electrons. The highest BCUT2D eigenvalue weighted by atomic mass is 16.5. The summed E-state index contributed by atoms with van der Waals surface area (Å²) < 4.78 is 5.06. The van der Waals surface area contributed by atoms with Crippen LogP contribution in [0.4, 0.5) is 5.69 Å². The molecule has 0 fully saturated rings. The predicted molar refractivity (Wildman–Crippen MR) is 76.7 cm³/mol. The molecule has 20 heavy (non-hydrogen) atoms. The standard InChI is InChI=1S/C16H14N2O2/c1-20-15-7-5-14(6-8-15)18-16(19)13-4-2-3-12(11-13)9-10-17/h2-8,11H,9H2,1H3,(H,18,19). The molecule has 4 nitrogen and oxygen atoms in total. The molecule has 0 aliphatic rings. The molecular formula is C16H14N2O2. The molecule has 0 saturated heterocycles. The Kier molecular flexibility index (Phi) is 4.35. The number of nitrogens with zero attached hydrogens (tertiary/aromatic N) is 1. The van der Waals surface area contributed by atoms with Gasteiger partial charge in [0.2, 0.25) is 0 Å². The molecule has 0 aliphatic heterocycles. The summed E-state index contributed by atoms with van der Waals surface area (Å²) in [5.41, 5.74) is 2.06. The lowest BCUT2D eigenvalue weighted by Gasteiger charge is -2.07. The molecule has 0 saturated carbocycles. The summed E-state index contributed by atoms with van der Waals surface area (Å²) >= 11 is 0. The highest BCUT2D eigenvalue weighted by Gasteiger charge is 2.06. The number of hydrogen-bond acceptors (Lipinski definition) is 3. The van der Waals surface area contributed by atoms with Gasteiger partial charge in [0, 0.05) is 11.3 Å². The second-order valence-corrected chi connectivity index (χ2v) is 4.22. The fourth-order valence-electron chi connectivity index (χ4n) is 1.79. The van der Waals surface area contributed by atoms with Crippen LogP contribution < -0.4 is 10.1 Å². The van der Waals surface area contributed by atoms with Gasteiger partial charge < -0.3 is 10.1 Å². The number of ether oxygens (including phenoxy) is 1. The van der Waals surface area contributed by atoms with E-state index in [0.717, 1.165) is 11.3 Å². The molecule has 1 N–H and O–H groups in total. The Labute approximate surface area is 117 Å². The first kappa shape index (κ1) is 13.6. The van der Waals surface area contributed by atoms with E-state index >= 15 is 0 Å². The van der Waals surface area contributed by atoms with Crippen molar-refractivity contribution >= 4 is 11.6 Å². The molecule has 0 bridgehead atoms. The van der Waals surface area contributed by atoms with Crippen molar-refractivity contribution in [3.63, 3.8) is 0 Å². The van der Waals surface area contributed by atoms with Crippen molar-refractivity contribution in [3.8, 4) is 11.8 Å². The van der Waals surface area contributed by atoms with Crippen LogP contribution in [0.1, 0.15) is 15.9 Å². The zero-order valence-electron chi connectivity index (χ0n) is 11.1. The average Bonchev–Trinajstić information content (AvgIpc) is 2.48. The van der Waals surface area contributed by atoms with Crippen LogP contribution in [0.25, 0.3) is 0 Å². The first-order valence-corrected chi connectivity index (χ1v) is 6.14. The van der Waals surface area contributed by atoms with E-state index in [-0.39, 0.29) is 5.91 Å². The normalized spacial score (nSPS) is 9.60. The van der Waals surface area contributed by atoms with Crippen molar-refractivity contribution in [3.05, 3.63) is 59.7 Å². The molecule has 4 heteroatoms. The number of carbonyl (C=O) groups is 1. The SMILES string of the molecule is COc1ccc(NC(=O)c2cccc(CC#N)c2)cc1. The molecule has 0 spiro atoms. The number of hydrogen-bond donors (Lipinski definition) is 1. The van der Waals surface area contributed by atoms with Crippen molar-refractivity contribution in [1.82, 2.24) is 0 Å².